The molecule has 118 valence electrons. The Bertz CT molecular complexity index is 677. The molecule has 0 fully saturated rings. The minimum Gasteiger partial charge on any atom is -0.465 e. The van der Waals surface area contributed by atoms with Gasteiger partial charge in [0, 0.05) is 12.5 Å². The van der Waals surface area contributed by atoms with Crippen LogP contribution in [0, 0.1) is 0 Å². The van der Waals surface area contributed by atoms with E-state index in [1.165, 1.54) is 20.1 Å². The maximum Gasteiger partial charge on any atom is 0.416 e. The molecule has 0 bridgehead atoms. The fourth-order valence-corrected chi connectivity index (χ4v) is 2.93. The molecule has 0 saturated heterocycles. The minimum atomic E-state index is -4.43. The number of alkyl halides is 3. The Hall–Kier alpha value is -1.86. The molecule has 0 atom stereocenters. The number of rotatable bonds is 5. The zero-order valence-electron chi connectivity index (χ0n) is 11.9. The van der Waals surface area contributed by atoms with Gasteiger partial charge in [-0.05, 0) is 24.6 Å². The second-order valence-electron chi connectivity index (χ2n) is 4.49. The van der Waals surface area contributed by atoms with E-state index in [2.05, 4.69) is 0 Å². The first-order valence-electron chi connectivity index (χ1n) is 6.26. The summed E-state index contributed by atoms with van der Waals surface area (Å²) in [4.78, 5) is 12.1. The molecule has 0 saturated carbocycles. The third-order valence-corrected chi connectivity index (χ3v) is 3.91. The number of methoxy groups -OCH3 is 1. The highest BCUT2D eigenvalue weighted by Crippen LogP contribution is 2.41. The summed E-state index contributed by atoms with van der Waals surface area (Å²) >= 11 is 1.16. The molecule has 1 heterocycles. The van der Waals surface area contributed by atoms with Gasteiger partial charge in [0.2, 0.25) is 0 Å². The standard InChI is InChI=1S/C15H13F3O3S/c1-9(19)12-7-22-14(13(12)21-8-20-2)10-4-3-5-11(6-10)15(16,17)18/h3-7H,8H2,1-2H3. The first-order valence-corrected chi connectivity index (χ1v) is 7.14. The number of ether oxygens (including phenoxy) is 2. The Kier molecular flexibility index (Phi) is 4.87. The number of hydrogen-bond donors (Lipinski definition) is 0. The van der Waals surface area contributed by atoms with E-state index in [4.69, 9.17) is 9.47 Å². The number of Topliss-reactive ketones (excluding diaryl/α,β-unsaturated/α-hetero) is 1. The van der Waals surface area contributed by atoms with Gasteiger partial charge in [0.05, 0.1) is 16.0 Å². The van der Waals surface area contributed by atoms with Crippen molar-refractivity contribution in [2.24, 2.45) is 0 Å². The molecule has 0 spiro atoms. The molecule has 1 aromatic heterocycles. The summed E-state index contributed by atoms with van der Waals surface area (Å²) in [5.41, 5.74) is -0.0756. The first-order chi connectivity index (χ1) is 10.3. The van der Waals surface area contributed by atoms with Crippen molar-refractivity contribution < 1.29 is 27.4 Å². The summed E-state index contributed by atoms with van der Waals surface area (Å²) in [5, 5.41) is 1.57. The van der Waals surface area contributed by atoms with Crippen molar-refractivity contribution in [1.29, 1.82) is 0 Å². The number of ketones is 1. The average Bonchev–Trinajstić information content (AvgIpc) is 2.88. The monoisotopic (exact) mass is 330 g/mol. The van der Waals surface area contributed by atoms with E-state index >= 15 is 0 Å². The molecule has 0 aliphatic carbocycles. The topological polar surface area (TPSA) is 35.5 Å². The molecule has 0 N–H and O–H groups in total. The fourth-order valence-electron chi connectivity index (χ4n) is 1.89. The molecule has 2 rings (SSSR count). The number of carbonyl (C=O) groups is 1. The van der Waals surface area contributed by atoms with Gasteiger partial charge < -0.3 is 9.47 Å². The first kappa shape index (κ1) is 16.5. The van der Waals surface area contributed by atoms with Gasteiger partial charge in [-0.15, -0.1) is 11.3 Å². The van der Waals surface area contributed by atoms with Crippen LogP contribution in [0.2, 0.25) is 0 Å². The molecular weight excluding hydrogens is 317 g/mol. The Morgan fingerprint density at radius 2 is 2.05 bits per heavy atom. The summed E-state index contributed by atoms with van der Waals surface area (Å²) < 4.78 is 48.6. The van der Waals surface area contributed by atoms with Gasteiger partial charge in [0.25, 0.3) is 0 Å². The van der Waals surface area contributed by atoms with Crippen LogP contribution in [0.5, 0.6) is 5.75 Å². The summed E-state index contributed by atoms with van der Waals surface area (Å²) in [6.07, 6.45) is -4.43. The van der Waals surface area contributed by atoms with E-state index in [0.717, 1.165) is 23.5 Å². The average molecular weight is 330 g/mol. The highest BCUT2D eigenvalue weighted by Gasteiger charge is 2.31. The normalized spacial score (nSPS) is 11.5. The lowest BCUT2D eigenvalue weighted by Gasteiger charge is -2.10. The molecule has 3 nitrogen and oxygen atoms in total. The van der Waals surface area contributed by atoms with Crippen molar-refractivity contribution in [2.75, 3.05) is 13.9 Å². The molecule has 1 aromatic carbocycles. The van der Waals surface area contributed by atoms with Crippen molar-refractivity contribution >= 4 is 17.1 Å². The second kappa shape index (κ2) is 6.50. The number of halogens is 3. The number of benzene rings is 1. The van der Waals surface area contributed by atoms with E-state index in [1.54, 1.807) is 11.4 Å². The predicted molar refractivity (Wildman–Crippen MR) is 77.3 cm³/mol. The molecular formula is C15H13F3O3S. The Balaban J connectivity index is 2.50. The molecule has 0 aliphatic rings. The molecule has 0 unspecified atom stereocenters. The van der Waals surface area contributed by atoms with Crippen molar-refractivity contribution in [3.63, 3.8) is 0 Å². The van der Waals surface area contributed by atoms with Gasteiger partial charge >= 0.3 is 6.18 Å². The lowest BCUT2D eigenvalue weighted by molar-refractivity contribution is -0.137. The summed E-state index contributed by atoms with van der Waals surface area (Å²) in [7, 11) is 1.42. The van der Waals surface area contributed by atoms with Gasteiger partial charge in [-0.3, -0.25) is 4.79 Å². The van der Waals surface area contributed by atoms with Crippen molar-refractivity contribution in [3.8, 4) is 16.2 Å². The van der Waals surface area contributed by atoms with Crippen LogP contribution in [0.25, 0.3) is 10.4 Å². The molecule has 0 aliphatic heterocycles. The fraction of sp³-hybridized carbons (Fsp3) is 0.267. The Labute approximate surface area is 129 Å². The van der Waals surface area contributed by atoms with Crippen LogP contribution < -0.4 is 4.74 Å². The molecule has 0 amide bonds. The SMILES string of the molecule is COCOc1c(C(C)=O)csc1-c1cccc(C(F)(F)F)c1. The maximum atomic E-state index is 12.8. The number of carbonyl (C=O) groups excluding carboxylic acids is 1. The third-order valence-electron chi connectivity index (χ3n) is 2.90. The lowest BCUT2D eigenvalue weighted by atomic mass is 10.1. The predicted octanol–water partition coefficient (Wildman–Crippen LogP) is 4.62. The van der Waals surface area contributed by atoms with Crippen LogP contribution in [0.1, 0.15) is 22.8 Å². The summed E-state index contributed by atoms with van der Waals surface area (Å²) in [5.74, 6) is 0.0271. The quantitative estimate of drug-likeness (QED) is 0.593. The minimum absolute atomic E-state index is 0.0943. The van der Waals surface area contributed by atoms with Gasteiger partial charge in [-0.2, -0.15) is 13.2 Å². The highest BCUT2D eigenvalue weighted by atomic mass is 32.1. The van der Waals surface area contributed by atoms with Crippen molar-refractivity contribution in [3.05, 3.63) is 40.8 Å². The van der Waals surface area contributed by atoms with Crippen molar-refractivity contribution in [1.82, 2.24) is 0 Å². The van der Waals surface area contributed by atoms with Crippen molar-refractivity contribution in [2.45, 2.75) is 13.1 Å². The van der Waals surface area contributed by atoms with Crippen LogP contribution in [-0.4, -0.2) is 19.7 Å². The summed E-state index contributed by atoms with van der Waals surface area (Å²) in [6.45, 7) is 1.28. The van der Waals surface area contributed by atoms with E-state index in [0.29, 0.717) is 16.0 Å². The van der Waals surface area contributed by atoms with Crippen LogP contribution in [0.3, 0.4) is 0 Å². The molecule has 0 radical (unpaired) electrons. The number of thiophene rings is 1. The third kappa shape index (κ3) is 3.48. The van der Waals surface area contributed by atoms with Gasteiger partial charge in [-0.25, -0.2) is 0 Å². The van der Waals surface area contributed by atoms with Gasteiger partial charge in [0.15, 0.2) is 18.3 Å². The molecule has 22 heavy (non-hydrogen) atoms. The van der Waals surface area contributed by atoms with Gasteiger partial charge in [-0.1, -0.05) is 12.1 Å². The Morgan fingerprint density at radius 1 is 1.32 bits per heavy atom. The van der Waals surface area contributed by atoms with E-state index in [9.17, 15) is 18.0 Å². The maximum absolute atomic E-state index is 12.8. The zero-order valence-corrected chi connectivity index (χ0v) is 12.7. The van der Waals surface area contributed by atoms with E-state index in [1.807, 2.05) is 0 Å². The zero-order chi connectivity index (χ0) is 16.3. The largest absolute Gasteiger partial charge is 0.465 e. The summed E-state index contributed by atoms with van der Waals surface area (Å²) in [6, 6.07) is 4.91. The van der Waals surface area contributed by atoms with E-state index in [-0.39, 0.29) is 18.3 Å². The smallest absolute Gasteiger partial charge is 0.416 e. The second-order valence-corrected chi connectivity index (χ2v) is 5.37. The van der Waals surface area contributed by atoms with Crippen LogP contribution in [-0.2, 0) is 10.9 Å². The highest BCUT2D eigenvalue weighted by molar-refractivity contribution is 7.14. The Morgan fingerprint density at radius 3 is 2.64 bits per heavy atom. The van der Waals surface area contributed by atoms with Gasteiger partial charge in [0.1, 0.15) is 0 Å². The molecule has 2 aromatic rings. The van der Waals surface area contributed by atoms with Crippen LogP contribution in [0.4, 0.5) is 13.2 Å². The van der Waals surface area contributed by atoms with Crippen LogP contribution >= 0.6 is 11.3 Å². The molecule has 7 heteroatoms. The van der Waals surface area contributed by atoms with Crippen LogP contribution in [0.15, 0.2) is 29.6 Å². The van der Waals surface area contributed by atoms with E-state index < -0.39 is 11.7 Å². The number of hydrogen-bond acceptors (Lipinski definition) is 4. The lowest BCUT2D eigenvalue weighted by Crippen LogP contribution is -2.05.